The van der Waals surface area contributed by atoms with E-state index in [-0.39, 0.29) is 11.4 Å². The summed E-state index contributed by atoms with van der Waals surface area (Å²) in [5, 5.41) is 0.773. The first kappa shape index (κ1) is 17.0. The fraction of sp³-hybridized carbons (Fsp3) is 0.105. The van der Waals surface area contributed by atoms with Crippen LogP contribution in [0.4, 0.5) is 0 Å². The molecular weight excluding hydrogens is 336 g/mol. The molecule has 0 aliphatic carbocycles. The summed E-state index contributed by atoms with van der Waals surface area (Å²) in [5.74, 6) is 6.47. The molecule has 1 N–H and O–H groups in total. The topological polar surface area (TPSA) is 68.3 Å². The average Bonchev–Trinajstić information content (AvgIpc) is 2.65. The Labute approximate surface area is 146 Å². The number of nitrogens with one attached hydrogen (secondary N) is 1. The Hall–Kier alpha value is -2.88. The standard InChI is InChI=1S/C19H16N2O3S/c1-24-17-11-9-15(10-12-17)5-3-14-21-25(22,23)18-8-2-6-16-7-4-13-20-19(16)18/h2,4,6-13,21H,14H2,1H3. The van der Waals surface area contributed by atoms with Crippen LogP contribution >= 0.6 is 0 Å². The Morgan fingerprint density at radius 1 is 1.08 bits per heavy atom. The quantitative estimate of drug-likeness (QED) is 0.733. The molecule has 0 radical (unpaired) electrons. The molecule has 0 saturated heterocycles. The Morgan fingerprint density at radius 2 is 1.84 bits per heavy atom. The summed E-state index contributed by atoms with van der Waals surface area (Å²) >= 11 is 0. The number of benzene rings is 2. The maximum absolute atomic E-state index is 12.5. The molecule has 0 atom stereocenters. The van der Waals surface area contributed by atoms with E-state index in [1.165, 1.54) is 6.07 Å². The monoisotopic (exact) mass is 352 g/mol. The molecule has 0 unspecified atom stereocenters. The Bertz CT molecular complexity index is 1040. The molecule has 25 heavy (non-hydrogen) atoms. The number of aromatic nitrogens is 1. The zero-order valence-corrected chi connectivity index (χ0v) is 14.4. The lowest BCUT2D eigenvalue weighted by Gasteiger charge is -2.06. The number of nitrogens with zero attached hydrogens (tertiary/aromatic N) is 1. The first-order valence-corrected chi connectivity index (χ1v) is 9.05. The van der Waals surface area contributed by atoms with E-state index in [0.717, 1.165) is 16.7 Å². The van der Waals surface area contributed by atoms with Gasteiger partial charge >= 0.3 is 0 Å². The van der Waals surface area contributed by atoms with Gasteiger partial charge in [-0.05, 0) is 36.4 Å². The van der Waals surface area contributed by atoms with Crippen molar-refractivity contribution in [2.24, 2.45) is 0 Å². The van der Waals surface area contributed by atoms with Crippen molar-refractivity contribution >= 4 is 20.9 Å². The SMILES string of the molecule is COc1ccc(C#CCNS(=O)(=O)c2cccc3cccnc23)cc1. The average molecular weight is 352 g/mol. The third-order valence-electron chi connectivity index (χ3n) is 3.56. The van der Waals surface area contributed by atoms with Crippen LogP contribution in [0.2, 0.25) is 0 Å². The van der Waals surface area contributed by atoms with E-state index in [9.17, 15) is 8.42 Å². The molecule has 0 aliphatic heterocycles. The van der Waals surface area contributed by atoms with Gasteiger partial charge in [0.1, 0.15) is 10.6 Å². The number of hydrogen-bond acceptors (Lipinski definition) is 4. The van der Waals surface area contributed by atoms with Crippen LogP contribution < -0.4 is 9.46 Å². The van der Waals surface area contributed by atoms with Crippen molar-refractivity contribution in [1.29, 1.82) is 0 Å². The fourth-order valence-corrected chi connectivity index (χ4v) is 3.42. The maximum Gasteiger partial charge on any atom is 0.243 e. The second kappa shape index (κ2) is 7.34. The second-order valence-electron chi connectivity index (χ2n) is 5.19. The van der Waals surface area contributed by atoms with Gasteiger partial charge in [-0.25, -0.2) is 8.42 Å². The Kier molecular flexibility index (Phi) is 4.98. The summed E-state index contributed by atoms with van der Waals surface area (Å²) in [6.45, 7) is 0.0115. The minimum absolute atomic E-state index is 0.0115. The summed E-state index contributed by atoms with van der Waals surface area (Å²) < 4.78 is 32.6. The van der Waals surface area contributed by atoms with Gasteiger partial charge in [-0.2, -0.15) is 4.72 Å². The van der Waals surface area contributed by atoms with E-state index in [2.05, 4.69) is 21.5 Å². The molecule has 6 heteroatoms. The number of rotatable bonds is 4. The number of methoxy groups -OCH3 is 1. The number of para-hydroxylation sites is 1. The van der Waals surface area contributed by atoms with Gasteiger partial charge in [0.25, 0.3) is 0 Å². The lowest BCUT2D eigenvalue weighted by molar-refractivity contribution is 0.415. The van der Waals surface area contributed by atoms with Crippen LogP contribution in [0.15, 0.2) is 65.7 Å². The third kappa shape index (κ3) is 3.97. The number of fused-ring (bicyclic) bond motifs is 1. The van der Waals surface area contributed by atoms with Crippen molar-refractivity contribution in [3.63, 3.8) is 0 Å². The van der Waals surface area contributed by atoms with Crippen molar-refractivity contribution in [3.8, 4) is 17.6 Å². The Morgan fingerprint density at radius 3 is 2.60 bits per heavy atom. The molecule has 3 aromatic rings. The highest BCUT2D eigenvalue weighted by Crippen LogP contribution is 2.20. The number of pyridine rings is 1. The highest BCUT2D eigenvalue weighted by atomic mass is 32.2. The van der Waals surface area contributed by atoms with Crippen LogP contribution in [-0.4, -0.2) is 27.1 Å². The molecule has 0 bridgehead atoms. The van der Waals surface area contributed by atoms with Crippen LogP contribution in [0.1, 0.15) is 5.56 Å². The van der Waals surface area contributed by atoms with E-state index in [0.29, 0.717) is 5.52 Å². The van der Waals surface area contributed by atoms with E-state index < -0.39 is 10.0 Å². The molecule has 126 valence electrons. The number of hydrogen-bond donors (Lipinski definition) is 1. The highest BCUT2D eigenvalue weighted by Gasteiger charge is 2.16. The minimum atomic E-state index is -3.69. The fourth-order valence-electron chi connectivity index (χ4n) is 2.32. The van der Waals surface area contributed by atoms with Gasteiger partial charge in [0.2, 0.25) is 10.0 Å². The van der Waals surface area contributed by atoms with E-state index in [1.807, 2.05) is 24.3 Å². The molecule has 0 fully saturated rings. The molecule has 2 aromatic carbocycles. The van der Waals surface area contributed by atoms with Gasteiger partial charge in [0.05, 0.1) is 19.2 Å². The van der Waals surface area contributed by atoms with Crippen molar-refractivity contribution < 1.29 is 13.2 Å². The van der Waals surface area contributed by atoms with Crippen molar-refractivity contribution in [2.75, 3.05) is 13.7 Å². The van der Waals surface area contributed by atoms with Gasteiger partial charge in [0.15, 0.2) is 0 Å². The number of ether oxygens (including phenoxy) is 1. The second-order valence-corrected chi connectivity index (χ2v) is 6.92. The van der Waals surface area contributed by atoms with Gasteiger partial charge in [-0.1, -0.05) is 30.0 Å². The normalized spacial score (nSPS) is 10.9. The molecule has 3 rings (SSSR count). The van der Waals surface area contributed by atoms with Gasteiger partial charge in [0, 0.05) is 17.1 Å². The van der Waals surface area contributed by atoms with Crippen LogP contribution in [-0.2, 0) is 10.0 Å². The van der Waals surface area contributed by atoms with Crippen LogP contribution in [0.3, 0.4) is 0 Å². The van der Waals surface area contributed by atoms with Gasteiger partial charge in [-0.15, -0.1) is 0 Å². The molecule has 0 amide bonds. The van der Waals surface area contributed by atoms with Crippen molar-refractivity contribution in [1.82, 2.24) is 9.71 Å². The van der Waals surface area contributed by atoms with E-state index in [4.69, 9.17) is 4.74 Å². The third-order valence-corrected chi connectivity index (χ3v) is 4.99. The zero-order valence-electron chi connectivity index (χ0n) is 13.6. The molecular formula is C19H16N2O3S. The molecule has 1 aromatic heterocycles. The molecule has 1 heterocycles. The Balaban J connectivity index is 1.75. The smallest absolute Gasteiger partial charge is 0.243 e. The predicted octanol–water partition coefficient (Wildman–Crippen LogP) is 2.57. The summed E-state index contributed by atoms with van der Waals surface area (Å²) in [6, 6.07) is 15.9. The van der Waals surface area contributed by atoms with Crippen molar-refractivity contribution in [2.45, 2.75) is 4.90 Å². The van der Waals surface area contributed by atoms with E-state index in [1.54, 1.807) is 37.6 Å². The minimum Gasteiger partial charge on any atom is -0.497 e. The molecule has 0 aliphatic rings. The first-order valence-electron chi connectivity index (χ1n) is 7.56. The highest BCUT2D eigenvalue weighted by molar-refractivity contribution is 7.89. The summed E-state index contributed by atoms with van der Waals surface area (Å²) in [5.41, 5.74) is 1.23. The lowest BCUT2D eigenvalue weighted by Crippen LogP contribution is -2.24. The largest absolute Gasteiger partial charge is 0.497 e. The van der Waals surface area contributed by atoms with Crippen LogP contribution in [0.25, 0.3) is 10.9 Å². The lowest BCUT2D eigenvalue weighted by atomic mass is 10.2. The van der Waals surface area contributed by atoms with Gasteiger partial charge < -0.3 is 4.74 Å². The van der Waals surface area contributed by atoms with Crippen LogP contribution in [0.5, 0.6) is 5.75 Å². The molecule has 0 spiro atoms. The molecule has 0 saturated carbocycles. The predicted molar refractivity (Wildman–Crippen MR) is 96.8 cm³/mol. The van der Waals surface area contributed by atoms with Gasteiger partial charge in [-0.3, -0.25) is 4.98 Å². The maximum atomic E-state index is 12.5. The zero-order chi connectivity index (χ0) is 17.7. The summed E-state index contributed by atoms with van der Waals surface area (Å²) in [4.78, 5) is 4.32. The van der Waals surface area contributed by atoms with Crippen LogP contribution in [0, 0.1) is 11.8 Å². The number of sulfonamides is 1. The van der Waals surface area contributed by atoms with Crippen molar-refractivity contribution in [3.05, 3.63) is 66.4 Å². The van der Waals surface area contributed by atoms with E-state index >= 15 is 0 Å². The molecule has 5 nitrogen and oxygen atoms in total. The first-order chi connectivity index (χ1) is 12.1. The summed E-state index contributed by atoms with van der Waals surface area (Å²) in [7, 11) is -2.09. The summed E-state index contributed by atoms with van der Waals surface area (Å²) in [6.07, 6.45) is 1.57.